The maximum atomic E-state index is 13.7. The third-order valence-electron chi connectivity index (χ3n) is 7.18. The lowest BCUT2D eigenvalue weighted by Crippen LogP contribution is -2.51. The highest BCUT2D eigenvalue weighted by atomic mass is 16.8. The molecule has 3 saturated heterocycles. The summed E-state index contributed by atoms with van der Waals surface area (Å²) in [6, 6.07) is 17.3. The average Bonchev–Trinajstić information content (AvgIpc) is 3.60. The Balaban J connectivity index is 1.24. The van der Waals surface area contributed by atoms with Crippen molar-refractivity contribution < 1.29 is 47.5 Å². The van der Waals surface area contributed by atoms with Gasteiger partial charge in [-0.15, -0.1) is 0 Å². The van der Waals surface area contributed by atoms with Crippen LogP contribution in [0.4, 0.5) is 4.79 Å². The Kier molecular flexibility index (Phi) is 9.33. The maximum Gasteiger partial charge on any atom is 0.407 e. The van der Waals surface area contributed by atoms with Crippen LogP contribution in [0.2, 0.25) is 0 Å². The summed E-state index contributed by atoms with van der Waals surface area (Å²) in [5.41, 5.74) is 1.61. The summed E-state index contributed by atoms with van der Waals surface area (Å²) in [4.78, 5) is 38.7. The molecule has 12 heteroatoms. The van der Waals surface area contributed by atoms with Crippen molar-refractivity contribution in [3.8, 4) is 0 Å². The van der Waals surface area contributed by atoms with E-state index in [-0.39, 0.29) is 19.6 Å². The molecule has 12 nitrogen and oxygen atoms in total. The Morgan fingerprint density at radius 1 is 0.884 bits per heavy atom. The summed E-state index contributed by atoms with van der Waals surface area (Å²) in [5.74, 6) is -3.08. The van der Waals surface area contributed by atoms with E-state index < -0.39 is 72.8 Å². The van der Waals surface area contributed by atoms with Gasteiger partial charge < -0.3 is 43.8 Å². The molecule has 3 fully saturated rings. The van der Waals surface area contributed by atoms with Crippen LogP contribution >= 0.6 is 0 Å². The number of hydrogen-bond acceptors (Lipinski definition) is 10. The van der Waals surface area contributed by atoms with Gasteiger partial charge in [-0.3, -0.25) is 4.79 Å². The van der Waals surface area contributed by atoms with E-state index >= 15 is 0 Å². The van der Waals surface area contributed by atoms with Gasteiger partial charge in [0.1, 0.15) is 31.4 Å². The number of rotatable bonds is 10. The Bertz CT molecular complexity index is 1270. The molecule has 0 aromatic heterocycles. The first-order valence-electron chi connectivity index (χ1n) is 14.3. The molecule has 2 aromatic carbocycles. The number of benzene rings is 2. The molecule has 0 bridgehead atoms. The Morgan fingerprint density at radius 3 is 2.21 bits per heavy atom. The quantitative estimate of drug-likeness (QED) is 0.392. The second-order valence-corrected chi connectivity index (χ2v) is 11.6. The molecule has 43 heavy (non-hydrogen) atoms. The van der Waals surface area contributed by atoms with Crippen LogP contribution in [0.25, 0.3) is 0 Å². The number of carbonyl (C=O) groups is 3. The molecule has 0 aliphatic carbocycles. The normalized spacial score (nSPS) is 27.6. The van der Waals surface area contributed by atoms with Gasteiger partial charge in [0.05, 0.1) is 6.61 Å². The summed E-state index contributed by atoms with van der Waals surface area (Å²) in [7, 11) is 0. The number of carbonyl (C=O) groups excluding carboxylic acids is 3. The number of alkyl carbamates (subject to hydrolysis) is 1. The van der Waals surface area contributed by atoms with Crippen molar-refractivity contribution >= 4 is 18.0 Å². The lowest BCUT2D eigenvalue weighted by atomic mass is 10.0. The molecule has 3 aliphatic rings. The molecule has 0 unspecified atom stereocenters. The Labute approximate surface area is 250 Å². The second-order valence-electron chi connectivity index (χ2n) is 11.6. The van der Waals surface area contributed by atoms with Gasteiger partial charge in [0.2, 0.25) is 5.91 Å². The largest absolute Gasteiger partial charge is 0.455 e. The van der Waals surface area contributed by atoms with Crippen LogP contribution in [0.1, 0.15) is 38.8 Å². The fraction of sp³-hybridized carbons (Fsp3) is 0.516. The number of fused-ring (bicyclic) bond motifs is 1. The minimum atomic E-state index is -1.08. The van der Waals surface area contributed by atoms with Crippen molar-refractivity contribution in [2.45, 2.75) is 89.0 Å². The van der Waals surface area contributed by atoms with Crippen LogP contribution in [0.15, 0.2) is 60.7 Å². The smallest absolute Gasteiger partial charge is 0.407 e. The van der Waals surface area contributed by atoms with Gasteiger partial charge in [-0.2, -0.15) is 0 Å². The minimum Gasteiger partial charge on any atom is -0.455 e. The molecule has 6 atom stereocenters. The van der Waals surface area contributed by atoms with Gasteiger partial charge in [0.25, 0.3) is 0 Å². The summed E-state index contributed by atoms with van der Waals surface area (Å²) in [5, 5.41) is 5.10. The van der Waals surface area contributed by atoms with Crippen LogP contribution in [-0.4, -0.2) is 79.4 Å². The van der Waals surface area contributed by atoms with Crippen molar-refractivity contribution in [1.29, 1.82) is 0 Å². The van der Waals surface area contributed by atoms with Gasteiger partial charge in [-0.25, -0.2) is 9.59 Å². The molecule has 3 aliphatic heterocycles. The van der Waals surface area contributed by atoms with E-state index in [1.165, 1.54) is 0 Å². The molecule has 5 rings (SSSR count). The van der Waals surface area contributed by atoms with Gasteiger partial charge >= 0.3 is 12.1 Å². The molecule has 2 aromatic rings. The number of ether oxygens (including phenoxy) is 7. The van der Waals surface area contributed by atoms with Crippen molar-refractivity contribution in [3.63, 3.8) is 0 Å². The van der Waals surface area contributed by atoms with Crippen LogP contribution in [0.3, 0.4) is 0 Å². The topological polar surface area (TPSA) is 140 Å². The third-order valence-corrected chi connectivity index (χ3v) is 7.18. The number of esters is 1. The van der Waals surface area contributed by atoms with Gasteiger partial charge in [-0.1, -0.05) is 60.7 Å². The van der Waals surface area contributed by atoms with E-state index in [2.05, 4.69) is 10.6 Å². The van der Waals surface area contributed by atoms with Gasteiger partial charge in [0, 0.05) is 6.42 Å². The summed E-state index contributed by atoms with van der Waals surface area (Å²) in [6.45, 7) is 6.95. The Morgan fingerprint density at radius 2 is 1.56 bits per heavy atom. The monoisotopic (exact) mass is 598 g/mol. The maximum absolute atomic E-state index is 13.7. The van der Waals surface area contributed by atoms with Crippen molar-refractivity contribution in [1.82, 2.24) is 10.6 Å². The standard InChI is InChI=1S/C31H38N2O10/c1-30(2)38-18-22(41-30)24-25(26-28(40-24)43-31(3,4)42-26)39-27(35)21(15-19-11-7-5-8-12-19)33-23(34)16-32-29(36)37-17-20-13-9-6-10-14-20/h5-14,21-22,24-26,28H,15-18H2,1-4H3,(H,32,36)(H,33,34)/t21-,22-,24-,25+,26-,28+/m0/s1. The zero-order chi connectivity index (χ0) is 30.6. The molecule has 0 radical (unpaired) electrons. The summed E-state index contributed by atoms with van der Waals surface area (Å²) in [6.07, 6.45) is -4.28. The van der Waals surface area contributed by atoms with Crippen LogP contribution in [0.5, 0.6) is 0 Å². The number of nitrogens with one attached hydrogen (secondary N) is 2. The van der Waals surface area contributed by atoms with Crippen molar-refractivity contribution in [2.24, 2.45) is 0 Å². The van der Waals surface area contributed by atoms with Gasteiger partial charge in [0.15, 0.2) is 30.1 Å². The molecular formula is C31H38N2O10. The number of hydrogen-bond donors (Lipinski definition) is 2. The van der Waals surface area contributed by atoms with Crippen molar-refractivity contribution in [2.75, 3.05) is 13.2 Å². The van der Waals surface area contributed by atoms with Crippen LogP contribution < -0.4 is 10.6 Å². The van der Waals surface area contributed by atoms with E-state index in [4.69, 9.17) is 33.2 Å². The number of amides is 2. The first-order valence-corrected chi connectivity index (χ1v) is 14.3. The molecule has 232 valence electrons. The highest BCUT2D eigenvalue weighted by Gasteiger charge is 2.60. The first kappa shape index (κ1) is 30.9. The SMILES string of the molecule is CC1(C)O[C@H]2O[C@@H]([C@@H]3COC(C)(C)O3)[C@@H](OC(=O)[C@H](Cc3ccccc3)NC(=O)CNC(=O)OCc3ccccc3)[C@@H]2O1. The predicted octanol–water partition coefficient (Wildman–Crippen LogP) is 2.58. The highest BCUT2D eigenvalue weighted by Crippen LogP contribution is 2.42. The fourth-order valence-electron chi connectivity index (χ4n) is 5.25. The van der Waals surface area contributed by atoms with Crippen molar-refractivity contribution in [3.05, 3.63) is 71.8 Å². The zero-order valence-corrected chi connectivity index (χ0v) is 24.6. The molecule has 2 N–H and O–H groups in total. The van der Waals surface area contributed by atoms with E-state index in [9.17, 15) is 14.4 Å². The fourth-order valence-corrected chi connectivity index (χ4v) is 5.25. The lowest BCUT2D eigenvalue weighted by molar-refractivity contribution is -0.235. The van der Waals surface area contributed by atoms with Crippen LogP contribution in [-0.2, 0) is 55.8 Å². The first-order chi connectivity index (χ1) is 20.5. The zero-order valence-electron chi connectivity index (χ0n) is 24.6. The molecule has 3 heterocycles. The molecular weight excluding hydrogens is 560 g/mol. The van der Waals surface area contributed by atoms with E-state index in [0.717, 1.165) is 11.1 Å². The van der Waals surface area contributed by atoms with Crippen LogP contribution in [0, 0.1) is 0 Å². The summed E-state index contributed by atoms with van der Waals surface area (Å²) < 4.78 is 41.0. The van der Waals surface area contributed by atoms with Gasteiger partial charge in [-0.05, 0) is 38.8 Å². The summed E-state index contributed by atoms with van der Waals surface area (Å²) >= 11 is 0. The van der Waals surface area contributed by atoms with E-state index in [1.54, 1.807) is 27.7 Å². The molecule has 0 spiro atoms. The third kappa shape index (κ3) is 8.09. The second kappa shape index (κ2) is 13.0. The molecule has 2 amide bonds. The average molecular weight is 599 g/mol. The minimum absolute atomic E-state index is 0.0551. The highest BCUT2D eigenvalue weighted by molar-refractivity contribution is 5.87. The lowest BCUT2D eigenvalue weighted by Gasteiger charge is -2.30. The Hall–Kier alpha value is -3.55. The van der Waals surface area contributed by atoms with E-state index in [1.807, 2.05) is 60.7 Å². The molecule has 0 saturated carbocycles. The predicted molar refractivity (Wildman–Crippen MR) is 150 cm³/mol. The van der Waals surface area contributed by atoms with E-state index in [0.29, 0.717) is 0 Å².